The number of hydrogen-bond acceptors (Lipinski definition) is 4. The number of urea groups is 1. The highest BCUT2D eigenvalue weighted by Crippen LogP contribution is 2.29. The lowest BCUT2D eigenvalue weighted by Gasteiger charge is -2.31. The zero-order valence-electron chi connectivity index (χ0n) is 16.6. The fraction of sp³-hybridized carbons (Fsp3) is 0.273. The second-order valence-corrected chi connectivity index (χ2v) is 8.14. The van der Waals surface area contributed by atoms with Gasteiger partial charge in [-0.1, -0.05) is 28.1 Å². The van der Waals surface area contributed by atoms with Gasteiger partial charge in [-0.05, 0) is 48.9 Å². The van der Waals surface area contributed by atoms with Gasteiger partial charge in [-0.25, -0.2) is 4.79 Å². The van der Waals surface area contributed by atoms with Crippen LogP contribution < -0.4 is 20.9 Å². The number of carbonyl (C=O) groups is 2. The molecule has 0 saturated carbocycles. The molecular formula is C22H23BrN4O3. The molecule has 1 fully saturated rings. The molecule has 3 N–H and O–H groups in total. The van der Waals surface area contributed by atoms with Crippen molar-refractivity contribution < 1.29 is 14.3 Å². The molecule has 2 aromatic rings. The van der Waals surface area contributed by atoms with E-state index in [0.29, 0.717) is 30.2 Å². The first-order chi connectivity index (χ1) is 14.5. The number of halogens is 1. The molecule has 30 heavy (non-hydrogen) atoms. The summed E-state index contributed by atoms with van der Waals surface area (Å²) in [4.78, 5) is 27.5. The van der Waals surface area contributed by atoms with Gasteiger partial charge in [-0.2, -0.15) is 0 Å². The van der Waals surface area contributed by atoms with E-state index in [-0.39, 0.29) is 11.9 Å². The van der Waals surface area contributed by atoms with Crippen molar-refractivity contribution in [3.8, 4) is 0 Å². The van der Waals surface area contributed by atoms with Crippen molar-refractivity contribution in [1.82, 2.24) is 10.6 Å². The number of morpholine rings is 1. The predicted octanol–water partition coefficient (Wildman–Crippen LogP) is 3.55. The molecule has 2 aromatic carbocycles. The molecule has 1 atom stereocenters. The third-order valence-corrected chi connectivity index (χ3v) is 5.75. The number of allylic oxidation sites excluding steroid dienone is 1. The Kier molecular flexibility index (Phi) is 6.06. The minimum atomic E-state index is -0.534. The molecule has 1 unspecified atom stereocenters. The van der Waals surface area contributed by atoms with Gasteiger partial charge < -0.3 is 25.6 Å². The maximum atomic E-state index is 13.1. The average molecular weight is 471 g/mol. The number of amides is 3. The normalized spacial score (nSPS) is 19.2. The van der Waals surface area contributed by atoms with E-state index in [1.807, 2.05) is 48.5 Å². The molecule has 2 aliphatic heterocycles. The van der Waals surface area contributed by atoms with Crippen LogP contribution in [0, 0.1) is 0 Å². The van der Waals surface area contributed by atoms with Crippen LogP contribution in [0.5, 0.6) is 0 Å². The fourth-order valence-corrected chi connectivity index (χ4v) is 3.94. The second-order valence-electron chi connectivity index (χ2n) is 7.22. The summed E-state index contributed by atoms with van der Waals surface area (Å²) in [6.07, 6.45) is 0. The van der Waals surface area contributed by atoms with Gasteiger partial charge in [-0.15, -0.1) is 0 Å². The summed E-state index contributed by atoms with van der Waals surface area (Å²) in [5.41, 5.74) is 3.65. The SMILES string of the molecule is CC1=C(C(=O)Nc2ccc(Br)cc2)C(c2ccc(N3CCOCC3)cc2)NC(=O)N1. The lowest BCUT2D eigenvalue weighted by Crippen LogP contribution is -2.46. The van der Waals surface area contributed by atoms with Crippen LogP contribution in [0.1, 0.15) is 18.5 Å². The van der Waals surface area contributed by atoms with Crippen molar-refractivity contribution in [1.29, 1.82) is 0 Å². The van der Waals surface area contributed by atoms with Crippen molar-refractivity contribution in [2.45, 2.75) is 13.0 Å². The molecule has 0 spiro atoms. The van der Waals surface area contributed by atoms with Gasteiger partial charge in [0, 0.05) is 34.6 Å². The number of hydrogen-bond donors (Lipinski definition) is 3. The Morgan fingerprint density at radius 2 is 1.77 bits per heavy atom. The van der Waals surface area contributed by atoms with Crippen LogP contribution in [0.4, 0.5) is 16.2 Å². The number of anilines is 2. The van der Waals surface area contributed by atoms with Gasteiger partial charge in [0.15, 0.2) is 0 Å². The van der Waals surface area contributed by atoms with Crippen LogP contribution in [0.3, 0.4) is 0 Å². The van der Waals surface area contributed by atoms with Crippen LogP contribution in [0.25, 0.3) is 0 Å². The van der Waals surface area contributed by atoms with Gasteiger partial charge >= 0.3 is 6.03 Å². The smallest absolute Gasteiger partial charge is 0.319 e. The van der Waals surface area contributed by atoms with Crippen molar-refractivity contribution in [2.24, 2.45) is 0 Å². The largest absolute Gasteiger partial charge is 0.378 e. The van der Waals surface area contributed by atoms with E-state index in [1.165, 1.54) is 0 Å². The molecule has 7 nitrogen and oxygen atoms in total. The summed E-state index contributed by atoms with van der Waals surface area (Å²) in [6.45, 7) is 4.87. The maximum absolute atomic E-state index is 13.1. The summed E-state index contributed by atoms with van der Waals surface area (Å²) in [5, 5.41) is 8.50. The number of benzene rings is 2. The van der Waals surface area contributed by atoms with Crippen molar-refractivity contribution in [2.75, 3.05) is 36.5 Å². The lowest BCUT2D eigenvalue weighted by molar-refractivity contribution is -0.113. The summed E-state index contributed by atoms with van der Waals surface area (Å²) >= 11 is 3.39. The van der Waals surface area contributed by atoms with Crippen molar-refractivity contribution >= 4 is 39.2 Å². The van der Waals surface area contributed by atoms with E-state index in [0.717, 1.165) is 28.8 Å². The van der Waals surface area contributed by atoms with Crippen LogP contribution in [0.2, 0.25) is 0 Å². The van der Waals surface area contributed by atoms with Crippen LogP contribution >= 0.6 is 15.9 Å². The lowest BCUT2D eigenvalue weighted by atomic mass is 9.94. The molecule has 2 heterocycles. The molecule has 4 rings (SSSR count). The number of ether oxygens (including phenoxy) is 1. The third kappa shape index (κ3) is 4.49. The summed E-state index contributed by atoms with van der Waals surface area (Å²) in [6, 6.07) is 14.5. The van der Waals surface area contributed by atoms with E-state index in [4.69, 9.17) is 4.74 Å². The molecule has 0 bridgehead atoms. The Balaban J connectivity index is 1.58. The van der Waals surface area contributed by atoms with Gasteiger partial charge in [-0.3, -0.25) is 4.79 Å². The zero-order valence-corrected chi connectivity index (χ0v) is 18.2. The topological polar surface area (TPSA) is 82.7 Å². The molecule has 1 saturated heterocycles. The van der Waals surface area contributed by atoms with E-state index in [1.54, 1.807) is 6.92 Å². The Hall–Kier alpha value is -2.84. The molecule has 0 aliphatic carbocycles. The highest BCUT2D eigenvalue weighted by atomic mass is 79.9. The average Bonchev–Trinajstić information content (AvgIpc) is 2.75. The van der Waals surface area contributed by atoms with Crippen LogP contribution in [-0.4, -0.2) is 38.2 Å². The van der Waals surface area contributed by atoms with Crippen molar-refractivity contribution in [3.05, 3.63) is 69.8 Å². The zero-order chi connectivity index (χ0) is 21.1. The minimum Gasteiger partial charge on any atom is -0.378 e. The molecule has 0 radical (unpaired) electrons. The van der Waals surface area contributed by atoms with Crippen LogP contribution in [0.15, 0.2) is 64.3 Å². The van der Waals surface area contributed by atoms with E-state index < -0.39 is 6.04 Å². The summed E-state index contributed by atoms with van der Waals surface area (Å²) in [5.74, 6) is -0.260. The standard InChI is InChI=1S/C22H23BrN4O3/c1-14-19(21(28)25-17-6-4-16(23)5-7-17)20(26-22(29)24-14)15-2-8-18(9-3-15)27-10-12-30-13-11-27/h2-9,20H,10-13H2,1H3,(H,25,28)(H2,24,26,29). The van der Waals surface area contributed by atoms with Crippen molar-refractivity contribution in [3.63, 3.8) is 0 Å². The predicted molar refractivity (Wildman–Crippen MR) is 119 cm³/mol. The maximum Gasteiger partial charge on any atom is 0.319 e. The third-order valence-electron chi connectivity index (χ3n) is 5.22. The summed E-state index contributed by atoms with van der Waals surface area (Å²) in [7, 11) is 0. The van der Waals surface area contributed by atoms with Gasteiger partial charge in [0.05, 0.1) is 24.8 Å². The molecular weight excluding hydrogens is 448 g/mol. The van der Waals surface area contributed by atoms with Gasteiger partial charge in [0.25, 0.3) is 5.91 Å². The first-order valence-electron chi connectivity index (χ1n) is 9.79. The fourth-order valence-electron chi connectivity index (χ4n) is 3.68. The number of carbonyl (C=O) groups excluding carboxylic acids is 2. The van der Waals surface area contributed by atoms with E-state index in [9.17, 15) is 9.59 Å². The molecule has 8 heteroatoms. The van der Waals surface area contributed by atoms with Gasteiger partial charge in [0.2, 0.25) is 0 Å². The molecule has 2 aliphatic rings. The Morgan fingerprint density at radius 1 is 1.10 bits per heavy atom. The molecule has 0 aromatic heterocycles. The molecule has 156 valence electrons. The first-order valence-corrected chi connectivity index (χ1v) is 10.6. The summed E-state index contributed by atoms with van der Waals surface area (Å²) < 4.78 is 6.34. The van der Waals surface area contributed by atoms with Gasteiger partial charge in [0.1, 0.15) is 0 Å². The molecule has 3 amide bonds. The second kappa shape index (κ2) is 8.89. The highest BCUT2D eigenvalue weighted by molar-refractivity contribution is 9.10. The van der Waals surface area contributed by atoms with E-state index >= 15 is 0 Å². The Morgan fingerprint density at radius 3 is 2.43 bits per heavy atom. The monoisotopic (exact) mass is 470 g/mol. The number of rotatable bonds is 4. The Bertz CT molecular complexity index is 967. The highest BCUT2D eigenvalue weighted by Gasteiger charge is 2.31. The number of nitrogens with zero attached hydrogens (tertiary/aromatic N) is 1. The number of nitrogens with one attached hydrogen (secondary N) is 3. The first kappa shape index (κ1) is 20.4. The van der Waals surface area contributed by atoms with Crippen LogP contribution in [-0.2, 0) is 9.53 Å². The Labute approximate surface area is 183 Å². The quantitative estimate of drug-likeness (QED) is 0.637. The van der Waals surface area contributed by atoms with E-state index in [2.05, 4.69) is 36.8 Å². The minimum absolute atomic E-state index is 0.260.